The minimum Gasteiger partial charge on any atom is -0.352 e. The molecule has 2 heterocycles. The molecule has 0 fully saturated rings. The molecule has 6 heteroatoms. The van der Waals surface area contributed by atoms with E-state index in [9.17, 15) is 9.59 Å². The predicted molar refractivity (Wildman–Crippen MR) is 131 cm³/mol. The summed E-state index contributed by atoms with van der Waals surface area (Å²) in [5, 5.41) is 7.43. The van der Waals surface area contributed by atoms with E-state index in [1.165, 1.54) is 15.8 Å². The number of rotatable bonds is 6. The number of aryl methyl sites for hydroxylation is 1. The van der Waals surface area contributed by atoms with Crippen molar-refractivity contribution in [3.05, 3.63) is 106 Å². The summed E-state index contributed by atoms with van der Waals surface area (Å²) in [4.78, 5) is 30.2. The van der Waals surface area contributed by atoms with Crippen molar-refractivity contribution in [1.82, 2.24) is 20.1 Å². The third-order valence-corrected chi connectivity index (χ3v) is 5.93. The molecule has 0 atom stereocenters. The van der Waals surface area contributed by atoms with Gasteiger partial charge in [-0.3, -0.25) is 19.7 Å². The number of amides is 1. The second kappa shape index (κ2) is 8.74. The third-order valence-electron chi connectivity index (χ3n) is 5.93. The van der Waals surface area contributed by atoms with Crippen molar-refractivity contribution in [3.8, 4) is 5.69 Å². The Balaban J connectivity index is 1.46. The number of aromatic nitrogens is 3. The molecule has 6 nitrogen and oxygen atoms in total. The molecular formula is C27H24N4O2. The van der Waals surface area contributed by atoms with Crippen molar-refractivity contribution in [2.24, 2.45) is 0 Å². The number of carbonyl (C=O) groups is 1. The number of pyridine rings is 1. The van der Waals surface area contributed by atoms with Gasteiger partial charge < -0.3 is 5.32 Å². The maximum absolute atomic E-state index is 13.0. The highest BCUT2D eigenvalue weighted by molar-refractivity contribution is 6.06. The van der Waals surface area contributed by atoms with Crippen LogP contribution in [0.5, 0.6) is 0 Å². The molecule has 2 aromatic heterocycles. The molecule has 0 aliphatic rings. The lowest BCUT2D eigenvalue weighted by atomic mass is 10.1. The smallest absolute Gasteiger partial charge is 0.280 e. The minimum absolute atomic E-state index is 0.151. The number of nitrogens with one attached hydrogen (secondary N) is 2. The van der Waals surface area contributed by atoms with E-state index in [-0.39, 0.29) is 11.5 Å². The van der Waals surface area contributed by atoms with Crippen LogP contribution in [0.1, 0.15) is 28.4 Å². The van der Waals surface area contributed by atoms with Gasteiger partial charge in [-0.15, -0.1) is 0 Å². The van der Waals surface area contributed by atoms with Gasteiger partial charge in [0, 0.05) is 23.7 Å². The van der Waals surface area contributed by atoms with E-state index in [0.717, 1.165) is 29.4 Å². The Morgan fingerprint density at radius 3 is 2.52 bits per heavy atom. The topological polar surface area (TPSA) is 79.8 Å². The largest absolute Gasteiger partial charge is 0.352 e. The molecule has 0 bridgehead atoms. The standard InChI is InChI=1S/C27H24N4O2/c1-2-18-8-11-21(12-9-18)31-27(33)23-17-29-24-13-10-20(16-22(24)25(23)30-31)26(32)28-15-14-19-6-4-3-5-7-19/h3-13,16-17,30H,2,14-15H2,1H3,(H,28,32). The number of aromatic amines is 1. The van der Waals surface area contributed by atoms with Crippen LogP contribution in [-0.4, -0.2) is 27.2 Å². The Morgan fingerprint density at radius 1 is 0.970 bits per heavy atom. The van der Waals surface area contributed by atoms with Gasteiger partial charge in [0.25, 0.3) is 11.5 Å². The number of benzene rings is 3. The van der Waals surface area contributed by atoms with Crippen LogP contribution >= 0.6 is 0 Å². The van der Waals surface area contributed by atoms with E-state index in [0.29, 0.717) is 23.0 Å². The van der Waals surface area contributed by atoms with Crippen LogP contribution in [0.25, 0.3) is 27.5 Å². The fraction of sp³-hybridized carbons (Fsp3) is 0.148. The normalized spacial score (nSPS) is 11.2. The summed E-state index contributed by atoms with van der Waals surface area (Å²) >= 11 is 0. The van der Waals surface area contributed by atoms with Crippen molar-refractivity contribution < 1.29 is 4.79 Å². The molecular weight excluding hydrogens is 412 g/mol. The zero-order valence-electron chi connectivity index (χ0n) is 18.3. The first-order valence-corrected chi connectivity index (χ1v) is 11.1. The van der Waals surface area contributed by atoms with Gasteiger partial charge in [-0.05, 0) is 54.3 Å². The second-order valence-corrected chi connectivity index (χ2v) is 8.04. The third kappa shape index (κ3) is 4.03. The Labute approximate surface area is 190 Å². The summed E-state index contributed by atoms with van der Waals surface area (Å²) in [6, 6.07) is 23.3. The molecule has 3 aromatic carbocycles. The average molecular weight is 437 g/mol. The van der Waals surface area contributed by atoms with E-state index in [4.69, 9.17) is 0 Å². The highest BCUT2D eigenvalue weighted by Gasteiger charge is 2.14. The molecule has 2 N–H and O–H groups in total. The van der Waals surface area contributed by atoms with Crippen LogP contribution in [-0.2, 0) is 12.8 Å². The number of carbonyl (C=O) groups excluding carboxylic acids is 1. The van der Waals surface area contributed by atoms with Gasteiger partial charge in [-0.2, -0.15) is 0 Å². The molecule has 0 saturated carbocycles. The Kier molecular flexibility index (Phi) is 5.48. The summed E-state index contributed by atoms with van der Waals surface area (Å²) < 4.78 is 1.53. The van der Waals surface area contributed by atoms with Crippen molar-refractivity contribution >= 4 is 27.7 Å². The molecule has 5 aromatic rings. The highest BCUT2D eigenvalue weighted by Crippen LogP contribution is 2.22. The first kappa shape index (κ1) is 20.7. The lowest BCUT2D eigenvalue weighted by molar-refractivity contribution is 0.0954. The van der Waals surface area contributed by atoms with Gasteiger partial charge in [0.05, 0.1) is 22.1 Å². The van der Waals surface area contributed by atoms with Crippen LogP contribution in [0, 0.1) is 0 Å². The quantitative estimate of drug-likeness (QED) is 0.414. The Hall–Kier alpha value is -4.19. The minimum atomic E-state index is -0.165. The number of nitrogens with zero attached hydrogens (tertiary/aromatic N) is 2. The summed E-state index contributed by atoms with van der Waals surface area (Å²) in [5.74, 6) is -0.151. The van der Waals surface area contributed by atoms with Crippen molar-refractivity contribution in [1.29, 1.82) is 0 Å². The zero-order valence-corrected chi connectivity index (χ0v) is 18.3. The summed E-state index contributed by atoms with van der Waals surface area (Å²) in [5.41, 5.74) is 4.90. The number of fused-ring (bicyclic) bond motifs is 3. The van der Waals surface area contributed by atoms with Gasteiger partial charge in [-0.1, -0.05) is 49.4 Å². The second-order valence-electron chi connectivity index (χ2n) is 8.04. The van der Waals surface area contributed by atoms with Crippen LogP contribution in [0.15, 0.2) is 83.8 Å². The molecule has 0 radical (unpaired) electrons. The van der Waals surface area contributed by atoms with Gasteiger partial charge in [0.15, 0.2) is 0 Å². The SMILES string of the molecule is CCc1ccc(-n2[nH]c3c(cnc4ccc(C(=O)NCCc5ccccc5)cc43)c2=O)cc1. The van der Waals surface area contributed by atoms with Gasteiger partial charge in [0.1, 0.15) is 0 Å². The van der Waals surface area contributed by atoms with E-state index >= 15 is 0 Å². The fourth-order valence-electron chi connectivity index (χ4n) is 4.03. The maximum Gasteiger partial charge on any atom is 0.280 e. The summed E-state index contributed by atoms with van der Waals surface area (Å²) in [6.07, 6.45) is 3.29. The maximum atomic E-state index is 13.0. The van der Waals surface area contributed by atoms with E-state index in [1.807, 2.05) is 60.7 Å². The zero-order chi connectivity index (χ0) is 22.8. The molecule has 33 heavy (non-hydrogen) atoms. The summed E-state index contributed by atoms with van der Waals surface area (Å²) in [6.45, 7) is 2.64. The average Bonchev–Trinajstić information content (AvgIpc) is 3.21. The first-order valence-electron chi connectivity index (χ1n) is 11.1. The molecule has 5 rings (SSSR count). The van der Waals surface area contributed by atoms with Crippen LogP contribution < -0.4 is 10.9 Å². The number of H-pyrrole nitrogens is 1. The molecule has 0 saturated heterocycles. The van der Waals surface area contributed by atoms with Gasteiger partial charge in [0.2, 0.25) is 0 Å². The highest BCUT2D eigenvalue weighted by atomic mass is 16.1. The lowest BCUT2D eigenvalue weighted by Gasteiger charge is -2.07. The van der Waals surface area contributed by atoms with E-state index in [2.05, 4.69) is 22.3 Å². The predicted octanol–water partition coefficient (Wildman–Crippen LogP) is 4.40. The van der Waals surface area contributed by atoms with Crippen LogP contribution in [0.4, 0.5) is 0 Å². The van der Waals surface area contributed by atoms with E-state index in [1.54, 1.807) is 18.3 Å². The lowest BCUT2D eigenvalue weighted by Crippen LogP contribution is -2.25. The van der Waals surface area contributed by atoms with Crippen molar-refractivity contribution in [2.45, 2.75) is 19.8 Å². The van der Waals surface area contributed by atoms with Crippen molar-refractivity contribution in [3.63, 3.8) is 0 Å². The first-order chi connectivity index (χ1) is 16.1. The molecule has 0 spiro atoms. The molecule has 164 valence electrons. The molecule has 1 amide bonds. The van der Waals surface area contributed by atoms with Gasteiger partial charge in [-0.25, -0.2) is 4.68 Å². The fourth-order valence-corrected chi connectivity index (χ4v) is 4.03. The summed E-state index contributed by atoms with van der Waals surface area (Å²) in [7, 11) is 0. The Bertz CT molecular complexity index is 1500. The molecule has 0 unspecified atom stereocenters. The number of hydrogen-bond donors (Lipinski definition) is 2. The molecule has 0 aliphatic heterocycles. The van der Waals surface area contributed by atoms with E-state index < -0.39 is 0 Å². The number of hydrogen-bond acceptors (Lipinski definition) is 3. The van der Waals surface area contributed by atoms with Gasteiger partial charge >= 0.3 is 0 Å². The van der Waals surface area contributed by atoms with Crippen LogP contribution in [0.2, 0.25) is 0 Å². The monoisotopic (exact) mass is 436 g/mol. The van der Waals surface area contributed by atoms with Crippen molar-refractivity contribution in [2.75, 3.05) is 6.54 Å². The van der Waals surface area contributed by atoms with Crippen LogP contribution in [0.3, 0.4) is 0 Å². The Morgan fingerprint density at radius 2 is 1.76 bits per heavy atom. The molecule has 0 aliphatic carbocycles.